The number of aromatic hydroxyl groups is 1. The van der Waals surface area contributed by atoms with E-state index in [1.165, 1.54) is 6.07 Å². The van der Waals surface area contributed by atoms with Crippen molar-refractivity contribution in [3.05, 3.63) is 28.0 Å². The zero-order chi connectivity index (χ0) is 11.8. The molecule has 0 heterocycles. The molecular formula is C11H15BrFNO. The number of hydrogen-bond donors (Lipinski definition) is 2. The molecule has 1 aromatic carbocycles. The summed E-state index contributed by atoms with van der Waals surface area (Å²) in [6.45, 7) is 5.82. The average molecular weight is 276 g/mol. The van der Waals surface area contributed by atoms with E-state index in [9.17, 15) is 9.50 Å². The first-order valence-corrected chi connectivity index (χ1v) is 5.46. The normalized spacial score (nSPS) is 14.0. The standard InChI is InChI=1S/C11H15BrFNO/c1-11(2,3)10(14)7-4-6(12)5-8(13)9(7)15/h4-5,10,15H,14H2,1-3H3/t10-/m0/s1. The maximum absolute atomic E-state index is 13.3. The highest BCUT2D eigenvalue weighted by Crippen LogP contribution is 2.37. The lowest BCUT2D eigenvalue weighted by atomic mass is 9.83. The Morgan fingerprint density at radius 2 is 1.93 bits per heavy atom. The average Bonchev–Trinajstić information content (AvgIpc) is 2.08. The van der Waals surface area contributed by atoms with Crippen molar-refractivity contribution in [3.63, 3.8) is 0 Å². The van der Waals surface area contributed by atoms with Crippen molar-refractivity contribution in [2.75, 3.05) is 0 Å². The predicted octanol–water partition coefficient (Wildman–Crippen LogP) is 3.34. The van der Waals surface area contributed by atoms with Crippen LogP contribution in [-0.4, -0.2) is 5.11 Å². The van der Waals surface area contributed by atoms with Gasteiger partial charge in [-0.3, -0.25) is 0 Å². The molecular weight excluding hydrogens is 261 g/mol. The van der Waals surface area contributed by atoms with Gasteiger partial charge in [0, 0.05) is 16.1 Å². The van der Waals surface area contributed by atoms with Crippen molar-refractivity contribution in [2.24, 2.45) is 11.1 Å². The van der Waals surface area contributed by atoms with E-state index in [1.807, 2.05) is 20.8 Å². The van der Waals surface area contributed by atoms with Crippen LogP contribution in [0.15, 0.2) is 16.6 Å². The fraction of sp³-hybridized carbons (Fsp3) is 0.455. The van der Waals surface area contributed by atoms with Gasteiger partial charge in [0.2, 0.25) is 0 Å². The summed E-state index contributed by atoms with van der Waals surface area (Å²) in [7, 11) is 0. The summed E-state index contributed by atoms with van der Waals surface area (Å²) in [5.74, 6) is -1.01. The van der Waals surface area contributed by atoms with Crippen LogP contribution in [0.25, 0.3) is 0 Å². The van der Waals surface area contributed by atoms with Gasteiger partial charge in [0.15, 0.2) is 11.6 Å². The Bertz CT molecular complexity index is 374. The Morgan fingerprint density at radius 1 is 1.40 bits per heavy atom. The Balaban J connectivity index is 3.25. The third-order valence-corrected chi connectivity index (χ3v) is 2.78. The molecule has 0 radical (unpaired) electrons. The summed E-state index contributed by atoms with van der Waals surface area (Å²) in [4.78, 5) is 0. The molecule has 1 atom stereocenters. The molecule has 0 unspecified atom stereocenters. The lowest BCUT2D eigenvalue weighted by Crippen LogP contribution is -2.26. The van der Waals surface area contributed by atoms with Gasteiger partial charge in [0.05, 0.1) is 0 Å². The van der Waals surface area contributed by atoms with Gasteiger partial charge >= 0.3 is 0 Å². The molecule has 84 valence electrons. The summed E-state index contributed by atoms with van der Waals surface area (Å²) in [6, 6.07) is 2.45. The molecule has 0 saturated carbocycles. The minimum Gasteiger partial charge on any atom is -0.505 e. The van der Waals surface area contributed by atoms with E-state index >= 15 is 0 Å². The highest BCUT2D eigenvalue weighted by molar-refractivity contribution is 9.10. The van der Waals surface area contributed by atoms with Crippen LogP contribution < -0.4 is 5.73 Å². The van der Waals surface area contributed by atoms with E-state index in [0.29, 0.717) is 10.0 Å². The minimum atomic E-state index is -0.654. The molecule has 0 aromatic heterocycles. The highest BCUT2D eigenvalue weighted by Gasteiger charge is 2.26. The first-order valence-electron chi connectivity index (χ1n) is 4.67. The fourth-order valence-corrected chi connectivity index (χ4v) is 1.74. The van der Waals surface area contributed by atoms with Gasteiger partial charge in [0.1, 0.15) is 0 Å². The van der Waals surface area contributed by atoms with E-state index in [1.54, 1.807) is 6.07 Å². The minimum absolute atomic E-state index is 0.231. The van der Waals surface area contributed by atoms with Gasteiger partial charge in [-0.15, -0.1) is 0 Å². The number of rotatable bonds is 1. The molecule has 1 aromatic rings. The van der Waals surface area contributed by atoms with E-state index in [0.717, 1.165) is 0 Å². The quantitative estimate of drug-likeness (QED) is 0.826. The summed E-state index contributed by atoms with van der Waals surface area (Å²) in [5, 5.41) is 9.58. The van der Waals surface area contributed by atoms with E-state index in [2.05, 4.69) is 15.9 Å². The first-order chi connectivity index (χ1) is 6.73. The van der Waals surface area contributed by atoms with E-state index in [4.69, 9.17) is 5.73 Å². The zero-order valence-electron chi connectivity index (χ0n) is 9.01. The zero-order valence-corrected chi connectivity index (χ0v) is 10.6. The van der Waals surface area contributed by atoms with Gasteiger partial charge in [-0.2, -0.15) is 0 Å². The Labute approximate surface area is 97.4 Å². The van der Waals surface area contributed by atoms with Crippen LogP contribution in [0.4, 0.5) is 4.39 Å². The van der Waals surface area contributed by atoms with Gasteiger partial charge in [0.25, 0.3) is 0 Å². The van der Waals surface area contributed by atoms with Crippen LogP contribution in [0.3, 0.4) is 0 Å². The van der Waals surface area contributed by atoms with Crippen LogP contribution in [0, 0.1) is 11.2 Å². The SMILES string of the molecule is CC(C)(C)[C@@H](N)c1cc(Br)cc(F)c1O. The Morgan fingerprint density at radius 3 is 2.40 bits per heavy atom. The molecule has 0 aliphatic heterocycles. The molecule has 2 nitrogen and oxygen atoms in total. The smallest absolute Gasteiger partial charge is 0.166 e. The second kappa shape index (κ2) is 4.10. The summed E-state index contributed by atoms with van der Waals surface area (Å²) >= 11 is 3.18. The number of phenols is 1. The van der Waals surface area contributed by atoms with Crippen molar-refractivity contribution < 1.29 is 9.50 Å². The third-order valence-electron chi connectivity index (χ3n) is 2.33. The van der Waals surface area contributed by atoms with Crippen molar-refractivity contribution in [1.29, 1.82) is 0 Å². The molecule has 4 heteroatoms. The second-order valence-electron chi connectivity index (χ2n) is 4.67. The highest BCUT2D eigenvalue weighted by atomic mass is 79.9. The van der Waals surface area contributed by atoms with Gasteiger partial charge < -0.3 is 10.8 Å². The molecule has 1 rings (SSSR count). The predicted molar refractivity (Wildman–Crippen MR) is 62.1 cm³/mol. The summed E-state index contributed by atoms with van der Waals surface area (Å²) < 4.78 is 13.8. The van der Waals surface area contributed by atoms with Crippen LogP contribution >= 0.6 is 15.9 Å². The number of halogens is 2. The van der Waals surface area contributed by atoms with Crippen LogP contribution in [-0.2, 0) is 0 Å². The van der Waals surface area contributed by atoms with Crippen molar-refractivity contribution in [2.45, 2.75) is 26.8 Å². The maximum atomic E-state index is 13.3. The molecule has 15 heavy (non-hydrogen) atoms. The molecule has 0 amide bonds. The van der Waals surface area contributed by atoms with Crippen molar-refractivity contribution in [1.82, 2.24) is 0 Å². The number of nitrogens with two attached hydrogens (primary N) is 1. The van der Waals surface area contributed by atoms with Crippen LogP contribution in [0.1, 0.15) is 32.4 Å². The first kappa shape index (κ1) is 12.5. The van der Waals surface area contributed by atoms with Crippen LogP contribution in [0.2, 0.25) is 0 Å². The van der Waals surface area contributed by atoms with Crippen molar-refractivity contribution in [3.8, 4) is 5.75 Å². The summed E-state index contributed by atoms with van der Waals surface area (Å²) in [6.07, 6.45) is 0. The Kier molecular flexibility index (Phi) is 3.41. The monoisotopic (exact) mass is 275 g/mol. The molecule has 3 N–H and O–H groups in total. The van der Waals surface area contributed by atoms with E-state index < -0.39 is 11.9 Å². The third kappa shape index (κ3) is 2.69. The van der Waals surface area contributed by atoms with E-state index in [-0.39, 0.29) is 11.2 Å². The molecule has 0 bridgehead atoms. The van der Waals surface area contributed by atoms with Gasteiger partial charge in [-0.25, -0.2) is 4.39 Å². The van der Waals surface area contributed by atoms with Gasteiger partial charge in [-0.1, -0.05) is 36.7 Å². The molecule has 0 aliphatic carbocycles. The largest absolute Gasteiger partial charge is 0.505 e. The van der Waals surface area contributed by atoms with Gasteiger partial charge in [-0.05, 0) is 17.5 Å². The lowest BCUT2D eigenvalue weighted by molar-refractivity contribution is 0.313. The Hall–Kier alpha value is -0.610. The lowest BCUT2D eigenvalue weighted by Gasteiger charge is -2.28. The molecule has 0 saturated heterocycles. The number of benzene rings is 1. The van der Waals surface area contributed by atoms with Crippen LogP contribution in [0.5, 0.6) is 5.75 Å². The fourth-order valence-electron chi connectivity index (χ4n) is 1.29. The number of hydrogen-bond acceptors (Lipinski definition) is 2. The topological polar surface area (TPSA) is 46.2 Å². The van der Waals surface area contributed by atoms with Crippen molar-refractivity contribution >= 4 is 15.9 Å². The number of phenolic OH excluding ortho intramolecular Hbond substituents is 1. The molecule has 0 aliphatic rings. The summed E-state index contributed by atoms with van der Waals surface area (Å²) in [5.41, 5.74) is 6.16. The molecule has 0 fully saturated rings. The second-order valence-corrected chi connectivity index (χ2v) is 5.58. The maximum Gasteiger partial charge on any atom is 0.166 e. The molecule has 0 spiro atoms.